The summed E-state index contributed by atoms with van der Waals surface area (Å²) in [5, 5.41) is 3.88. The summed E-state index contributed by atoms with van der Waals surface area (Å²) < 4.78 is 5.74. The molecule has 0 saturated carbocycles. The van der Waals surface area contributed by atoms with Crippen LogP contribution < -0.4 is 5.32 Å². The molecule has 1 fully saturated rings. The van der Waals surface area contributed by atoms with Gasteiger partial charge in [0.25, 0.3) is 0 Å². The Morgan fingerprint density at radius 1 is 1.03 bits per heavy atom. The molecule has 0 spiro atoms. The second-order valence-electron chi connectivity index (χ2n) is 10.3. The molecule has 5 rings (SSSR count). The van der Waals surface area contributed by atoms with Gasteiger partial charge in [0.15, 0.2) is 0 Å². The highest BCUT2D eigenvalue weighted by Gasteiger charge is 2.31. The fourth-order valence-corrected chi connectivity index (χ4v) is 5.45. The van der Waals surface area contributed by atoms with Gasteiger partial charge in [-0.05, 0) is 81.0 Å². The standard InChI is InChI=1S/C29H35N3O3/c1-19-6-7-26-24(13-19)16-28(35-26)30-27(33)9-11-31-10-4-5-23(17-31)29(34)32-12-8-22-14-20(2)21(3)15-25(22)18-32/h6-7,13-16,23H,4-5,8-12,17-18H2,1-3H3,(H,30,33). The third-order valence-electron chi connectivity index (χ3n) is 7.58. The monoisotopic (exact) mass is 473 g/mol. The number of anilines is 1. The summed E-state index contributed by atoms with van der Waals surface area (Å²) in [4.78, 5) is 30.2. The van der Waals surface area contributed by atoms with E-state index in [2.05, 4.69) is 36.2 Å². The van der Waals surface area contributed by atoms with Gasteiger partial charge in [-0.3, -0.25) is 14.9 Å². The maximum Gasteiger partial charge on any atom is 0.227 e. The molecule has 2 aromatic carbocycles. The molecule has 1 unspecified atom stereocenters. The zero-order valence-electron chi connectivity index (χ0n) is 21.0. The zero-order valence-corrected chi connectivity index (χ0v) is 21.0. The first kappa shape index (κ1) is 23.6. The van der Waals surface area contributed by atoms with Gasteiger partial charge in [-0.25, -0.2) is 0 Å². The van der Waals surface area contributed by atoms with Crippen LogP contribution in [0, 0.1) is 26.7 Å². The lowest BCUT2D eigenvalue weighted by molar-refractivity contribution is -0.138. The van der Waals surface area contributed by atoms with E-state index in [0.29, 0.717) is 25.4 Å². The lowest BCUT2D eigenvalue weighted by atomic mass is 9.92. The highest BCUT2D eigenvalue weighted by molar-refractivity contribution is 5.92. The molecule has 0 aliphatic carbocycles. The summed E-state index contributed by atoms with van der Waals surface area (Å²) in [6, 6.07) is 12.4. The van der Waals surface area contributed by atoms with Crippen LogP contribution in [0.15, 0.2) is 40.8 Å². The number of rotatable bonds is 5. The zero-order chi connectivity index (χ0) is 24.5. The molecule has 1 saturated heterocycles. The van der Waals surface area contributed by atoms with E-state index in [0.717, 1.165) is 55.4 Å². The van der Waals surface area contributed by atoms with Crippen LogP contribution in [0.1, 0.15) is 47.1 Å². The van der Waals surface area contributed by atoms with Gasteiger partial charge in [0.05, 0.1) is 5.92 Å². The number of fused-ring (bicyclic) bond motifs is 2. The summed E-state index contributed by atoms with van der Waals surface area (Å²) in [5.41, 5.74) is 7.22. The van der Waals surface area contributed by atoms with Crippen LogP contribution in [0.25, 0.3) is 11.0 Å². The number of hydrogen-bond acceptors (Lipinski definition) is 4. The molecule has 0 bridgehead atoms. The largest absolute Gasteiger partial charge is 0.440 e. The van der Waals surface area contributed by atoms with E-state index in [9.17, 15) is 9.59 Å². The number of carbonyl (C=O) groups excluding carboxylic acids is 2. The summed E-state index contributed by atoms with van der Waals surface area (Å²) in [5.74, 6) is 0.699. The Morgan fingerprint density at radius 2 is 1.83 bits per heavy atom. The van der Waals surface area contributed by atoms with E-state index in [-0.39, 0.29) is 17.7 Å². The molecule has 3 heterocycles. The van der Waals surface area contributed by atoms with Crippen LogP contribution in [-0.4, -0.2) is 47.8 Å². The van der Waals surface area contributed by atoms with Gasteiger partial charge < -0.3 is 14.2 Å². The van der Waals surface area contributed by atoms with Crippen molar-refractivity contribution in [3.63, 3.8) is 0 Å². The number of aryl methyl sites for hydroxylation is 3. The molecule has 6 nitrogen and oxygen atoms in total. The van der Waals surface area contributed by atoms with E-state index >= 15 is 0 Å². The Morgan fingerprint density at radius 3 is 2.66 bits per heavy atom. The number of furan rings is 1. The molecule has 184 valence electrons. The fourth-order valence-electron chi connectivity index (χ4n) is 5.45. The number of amides is 2. The Balaban J connectivity index is 1.13. The maximum atomic E-state index is 13.4. The van der Waals surface area contributed by atoms with Gasteiger partial charge >= 0.3 is 0 Å². The summed E-state index contributed by atoms with van der Waals surface area (Å²) >= 11 is 0. The second-order valence-corrected chi connectivity index (χ2v) is 10.3. The van der Waals surface area contributed by atoms with Crippen LogP contribution in [0.4, 0.5) is 5.88 Å². The molecule has 1 atom stereocenters. The third kappa shape index (κ3) is 5.27. The number of hydrogen-bond donors (Lipinski definition) is 1. The smallest absolute Gasteiger partial charge is 0.227 e. The van der Waals surface area contributed by atoms with Crippen molar-refractivity contribution < 1.29 is 14.0 Å². The number of piperidine rings is 1. The van der Waals surface area contributed by atoms with Crippen LogP contribution in [-0.2, 0) is 22.6 Å². The second kappa shape index (κ2) is 9.86. The van der Waals surface area contributed by atoms with Crippen molar-refractivity contribution in [2.24, 2.45) is 5.92 Å². The average molecular weight is 474 g/mol. The fraction of sp³-hybridized carbons (Fsp3) is 0.448. The quantitative estimate of drug-likeness (QED) is 0.567. The first-order chi connectivity index (χ1) is 16.9. The number of benzene rings is 2. The van der Waals surface area contributed by atoms with Crippen LogP contribution in [0.3, 0.4) is 0 Å². The number of nitrogens with zero attached hydrogens (tertiary/aromatic N) is 2. The molecule has 6 heteroatoms. The van der Waals surface area contributed by atoms with E-state index in [1.165, 1.54) is 22.3 Å². The van der Waals surface area contributed by atoms with Gasteiger partial charge in [-0.15, -0.1) is 0 Å². The molecule has 1 N–H and O–H groups in total. The normalized spacial score (nSPS) is 18.5. The topological polar surface area (TPSA) is 65.8 Å². The van der Waals surface area contributed by atoms with Gasteiger partial charge in [-0.2, -0.15) is 0 Å². The Bertz CT molecular complexity index is 1260. The summed E-state index contributed by atoms with van der Waals surface area (Å²) in [6.45, 7) is 10.1. The predicted molar refractivity (Wildman–Crippen MR) is 138 cm³/mol. The molecule has 3 aromatic rings. The van der Waals surface area contributed by atoms with Crippen LogP contribution in [0.5, 0.6) is 0 Å². The van der Waals surface area contributed by atoms with Crippen molar-refractivity contribution in [3.05, 3.63) is 64.2 Å². The highest BCUT2D eigenvalue weighted by Crippen LogP contribution is 2.27. The number of nitrogens with one attached hydrogen (secondary N) is 1. The average Bonchev–Trinajstić information content (AvgIpc) is 3.24. The van der Waals surface area contributed by atoms with E-state index < -0.39 is 0 Å². The van der Waals surface area contributed by atoms with E-state index in [1.54, 1.807) is 0 Å². The third-order valence-corrected chi connectivity index (χ3v) is 7.58. The lowest BCUT2D eigenvalue weighted by Gasteiger charge is -2.37. The number of likely N-dealkylation sites (tertiary alicyclic amines) is 1. The highest BCUT2D eigenvalue weighted by atomic mass is 16.4. The number of carbonyl (C=O) groups is 2. The maximum absolute atomic E-state index is 13.4. The van der Waals surface area contributed by atoms with Gasteiger partial charge in [0.1, 0.15) is 5.58 Å². The minimum Gasteiger partial charge on any atom is -0.440 e. The molecule has 2 aliphatic rings. The predicted octanol–water partition coefficient (Wildman–Crippen LogP) is 4.98. The minimum absolute atomic E-state index is 0.0125. The molecule has 35 heavy (non-hydrogen) atoms. The van der Waals surface area contributed by atoms with Gasteiger partial charge in [0, 0.05) is 44.1 Å². The van der Waals surface area contributed by atoms with Crippen LogP contribution in [0.2, 0.25) is 0 Å². The van der Waals surface area contributed by atoms with Crippen LogP contribution >= 0.6 is 0 Å². The molecule has 2 aliphatic heterocycles. The van der Waals surface area contributed by atoms with Crippen molar-refractivity contribution in [1.82, 2.24) is 9.80 Å². The summed E-state index contributed by atoms with van der Waals surface area (Å²) in [6.07, 6.45) is 3.23. The Hall–Kier alpha value is -3.12. The molecule has 1 aromatic heterocycles. The van der Waals surface area contributed by atoms with E-state index in [1.807, 2.05) is 36.1 Å². The molecular formula is C29H35N3O3. The molecule has 2 amide bonds. The summed E-state index contributed by atoms with van der Waals surface area (Å²) in [7, 11) is 0. The van der Waals surface area contributed by atoms with Crippen molar-refractivity contribution in [3.8, 4) is 0 Å². The van der Waals surface area contributed by atoms with Crippen molar-refractivity contribution in [2.45, 2.75) is 53.0 Å². The van der Waals surface area contributed by atoms with Crippen molar-refractivity contribution >= 4 is 28.7 Å². The van der Waals surface area contributed by atoms with Gasteiger partial charge in [0.2, 0.25) is 17.7 Å². The van der Waals surface area contributed by atoms with Gasteiger partial charge in [-0.1, -0.05) is 23.8 Å². The van der Waals surface area contributed by atoms with E-state index in [4.69, 9.17) is 4.42 Å². The lowest BCUT2D eigenvalue weighted by Crippen LogP contribution is -2.46. The Labute approximate surface area is 207 Å². The minimum atomic E-state index is -0.0625. The SMILES string of the molecule is Cc1ccc2oc(NC(=O)CCN3CCCC(C(=O)N4CCc5cc(C)c(C)cc5C4)C3)cc2c1. The Kier molecular flexibility index (Phi) is 6.65. The molecule has 0 radical (unpaired) electrons. The first-order valence-electron chi connectivity index (χ1n) is 12.8. The van der Waals surface area contributed by atoms with Crippen molar-refractivity contribution in [2.75, 3.05) is 31.5 Å². The molecular weight excluding hydrogens is 438 g/mol. The first-order valence-corrected chi connectivity index (χ1v) is 12.8. The van der Waals surface area contributed by atoms with Crippen molar-refractivity contribution in [1.29, 1.82) is 0 Å².